The lowest BCUT2D eigenvalue weighted by molar-refractivity contribution is 0.636. The number of nitrogens with one attached hydrogen (secondary N) is 2. The molecule has 0 aliphatic carbocycles. The Bertz CT molecular complexity index is 2360. The van der Waals surface area contributed by atoms with Crippen molar-refractivity contribution in [2.45, 2.75) is 0 Å². The molecule has 0 bridgehead atoms. The number of fused-ring (bicyclic) bond motifs is 7. The Hall–Kier alpha value is -5.11. The van der Waals surface area contributed by atoms with E-state index in [9.17, 15) is 0 Å². The van der Waals surface area contributed by atoms with Gasteiger partial charge in [0.05, 0.1) is 11.0 Å². The second kappa shape index (κ2) is 9.21. The summed E-state index contributed by atoms with van der Waals surface area (Å²) in [7, 11) is 0.202. The molecular formula is C38H25N2OP. The van der Waals surface area contributed by atoms with E-state index in [1.807, 2.05) is 0 Å². The van der Waals surface area contributed by atoms with Gasteiger partial charge in [0.1, 0.15) is 14.6 Å². The van der Waals surface area contributed by atoms with Crippen LogP contribution in [0.4, 0.5) is 0 Å². The van der Waals surface area contributed by atoms with E-state index in [1.54, 1.807) is 0 Å². The molecule has 42 heavy (non-hydrogen) atoms. The molecule has 4 heteroatoms. The van der Waals surface area contributed by atoms with Gasteiger partial charge in [0, 0.05) is 54.6 Å². The van der Waals surface area contributed by atoms with Crippen LogP contribution in [-0.2, 0) is 0 Å². The molecule has 8 aromatic rings. The van der Waals surface area contributed by atoms with Gasteiger partial charge in [0.2, 0.25) is 0 Å². The summed E-state index contributed by atoms with van der Waals surface area (Å²) in [5.41, 5.74) is 11.6. The van der Waals surface area contributed by atoms with Gasteiger partial charge in [0.15, 0.2) is 0 Å². The number of H-pyrrole nitrogens is 2. The van der Waals surface area contributed by atoms with Crippen LogP contribution in [0.3, 0.4) is 0 Å². The fourth-order valence-corrected chi connectivity index (χ4v) is 7.41. The second-order valence-corrected chi connectivity index (χ2v) is 11.8. The normalized spacial score (nSPS) is 13.6. The third-order valence-electron chi connectivity index (χ3n) is 8.47. The first kappa shape index (κ1) is 23.6. The molecule has 9 rings (SSSR count). The number of hydrogen-bond donors (Lipinski definition) is 2. The zero-order valence-electron chi connectivity index (χ0n) is 22.6. The first-order valence-corrected chi connectivity index (χ1v) is 15.1. The summed E-state index contributed by atoms with van der Waals surface area (Å²) in [6, 6.07) is 45.3. The van der Waals surface area contributed by atoms with E-state index in [0.29, 0.717) is 0 Å². The zero-order chi connectivity index (χ0) is 27.6. The van der Waals surface area contributed by atoms with Crippen LogP contribution >= 0.6 is 8.81 Å². The van der Waals surface area contributed by atoms with Gasteiger partial charge in [-0.15, -0.1) is 0 Å². The van der Waals surface area contributed by atoms with Gasteiger partial charge in [-0.2, -0.15) is 0 Å². The third kappa shape index (κ3) is 3.57. The topological polar surface area (TPSA) is 40.8 Å². The lowest BCUT2D eigenvalue weighted by atomic mass is 9.92. The monoisotopic (exact) mass is 556 g/mol. The summed E-state index contributed by atoms with van der Waals surface area (Å²) in [4.78, 5) is 7.36. The summed E-state index contributed by atoms with van der Waals surface area (Å²) in [5, 5.41) is 6.16. The molecule has 3 nitrogen and oxygen atoms in total. The van der Waals surface area contributed by atoms with E-state index in [0.717, 1.165) is 38.9 Å². The first-order chi connectivity index (χ1) is 20.8. The van der Waals surface area contributed by atoms with Crippen molar-refractivity contribution in [2.24, 2.45) is 0 Å². The molecule has 0 radical (unpaired) electrons. The number of benzene rings is 6. The highest BCUT2D eigenvalue weighted by Crippen LogP contribution is 2.50. The summed E-state index contributed by atoms with van der Waals surface area (Å²) < 4.78 is 6.64. The Labute approximate surface area is 244 Å². The maximum absolute atomic E-state index is 6.64. The molecule has 2 N–H and O–H groups in total. The summed E-state index contributed by atoms with van der Waals surface area (Å²) in [6.45, 7) is 0. The predicted octanol–water partition coefficient (Wildman–Crippen LogP) is 10.8. The van der Waals surface area contributed by atoms with Crippen molar-refractivity contribution >= 4 is 63.8 Å². The van der Waals surface area contributed by atoms with Crippen LogP contribution in [0.1, 0.15) is 11.1 Å². The fourth-order valence-electron chi connectivity index (χ4n) is 6.50. The van der Waals surface area contributed by atoms with Gasteiger partial charge in [-0.05, 0) is 47.0 Å². The zero-order valence-corrected chi connectivity index (χ0v) is 23.6. The van der Waals surface area contributed by atoms with Crippen LogP contribution in [0.15, 0.2) is 127 Å². The summed E-state index contributed by atoms with van der Waals surface area (Å²) >= 11 is 0. The van der Waals surface area contributed by atoms with Gasteiger partial charge < -0.3 is 14.5 Å². The first-order valence-electron chi connectivity index (χ1n) is 14.2. The van der Waals surface area contributed by atoms with E-state index in [1.165, 1.54) is 49.1 Å². The van der Waals surface area contributed by atoms with Crippen LogP contribution in [0, 0.1) is 0 Å². The Balaban J connectivity index is 1.26. The molecular weight excluding hydrogens is 531 g/mol. The molecule has 0 saturated heterocycles. The standard InChI is InChI=1S/C38H25N2OP/c1-2-10-23(11-3-1)31-20-24(25-14-8-15-28-26-12-4-6-18-33(26)39-37(25)28)21-35-32(31)22-36(42-41-35)30-17-9-16-29-27-13-5-7-19-34(27)40-38(29)30/h1-22,39-40,42H. The van der Waals surface area contributed by atoms with Crippen LogP contribution in [0.5, 0.6) is 5.75 Å². The van der Waals surface area contributed by atoms with Crippen molar-refractivity contribution in [1.29, 1.82) is 0 Å². The lowest BCUT2D eigenvalue weighted by Gasteiger charge is -2.22. The largest absolute Gasteiger partial charge is 0.472 e. The van der Waals surface area contributed by atoms with E-state index in [-0.39, 0.29) is 8.81 Å². The molecule has 1 unspecified atom stereocenters. The van der Waals surface area contributed by atoms with E-state index >= 15 is 0 Å². The fraction of sp³-hybridized carbons (Fsp3) is 0. The van der Waals surface area contributed by atoms with Crippen molar-refractivity contribution in [1.82, 2.24) is 9.97 Å². The molecule has 1 aliphatic rings. The molecule has 1 aliphatic heterocycles. The SMILES string of the molecule is C1=C(c2cccc3c2[nH]c2ccccc23)POc2cc(-c3cccc4c3[nH]c3ccccc34)cc(-c3ccccc3)c21. The number of rotatable bonds is 3. The molecule has 2 aromatic heterocycles. The highest BCUT2D eigenvalue weighted by molar-refractivity contribution is 7.46. The molecule has 1 atom stereocenters. The van der Waals surface area contributed by atoms with Crippen LogP contribution in [0.25, 0.3) is 77.3 Å². The van der Waals surface area contributed by atoms with E-state index in [2.05, 4.69) is 143 Å². The predicted molar refractivity (Wildman–Crippen MR) is 179 cm³/mol. The molecule has 6 aromatic carbocycles. The van der Waals surface area contributed by atoms with Crippen molar-refractivity contribution in [3.05, 3.63) is 139 Å². The highest BCUT2D eigenvalue weighted by Gasteiger charge is 2.22. The Morgan fingerprint density at radius 3 is 1.79 bits per heavy atom. The number of hydrogen-bond acceptors (Lipinski definition) is 1. The highest BCUT2D eigenvalue weighted by atomic mass is 31.1. The Morgan fingerprint density at radius 2 is 1.07 bits per heavy atom. The van der Waals surface area contributed by atoms with Gasteiger partial charge >= 0.3 is 0 Å². The van der Waals surface area contributed by atoms with Gasteiger partial charge in [-0.3, -0.25) is 0 Å². The maximum Gasteiger partial charge on any atom is 0.131 e. The number of aromatic nitrogens is 2. The maximum atomic E-state index is 6.64. The lowest BCUT2D eigenvalue weighted by Crippen LogP contribution is -1.97. The second-order valence-electron chi connectivity index (χ2n) is 10.9. The van der Waals surface area contributed by atoms with Crippen LogP contribution < -0.4 is 4.52 Å². The molecule has 0 saturated carbocycles. The summed E-state index contributed by atoms with van der Waals surface area (Å²) in [6.07, 6.45) is 2.34. The molecule has 0 fully saturated rings. The van der Waals surface area contributed by atoms with Gasteiger partial charge in [-0.25, -0.2) is 0 Å². The smallest absolute Gasteiger partial charge is 0.131 e. The molecule has 3 heterocycles. The Kier molecular flexibility index (Phi) is 5.17. The number of aromatic amines is 2. The van der Waals surface area contributed by atoms with Gasteiger partial charge in [-0.1, -0.05) is 103 Å². The number of para-hydroxylation sites is 4. The quantitative estimate of drug-likeness (QED) is 0.209. The molecule has 0 spiro atoms. The minimum absolute atomic E-state index is 0.202. The third-order valence-corrected chi connectivity index (χ3v) is 9.43. The van der Waals surface area contributed by atoms with E-state index < -0.39 is 0 Å². The molecule has 198 valence electrons. The van der Waals surface area contributed by atoms with Crippen molar-refractivity contribution in [3.8, 4) is 28.0 Å². The minimum atomic E-state index is 0.202. The van der Waals surface area contributed by atoms with Crippen LogP contribution in [0.2, 0.25) is 0 Å². The summed E-state index contributed by atoms with van der Waals surface area (Å²) in [5.74, 6) is 0.922. The minimum Gasteiger partial charge on any atom is -0.472 e. The Morgan fingerprint density at radius 1 is 0.476 bits per heavy atom. The van der Waals surface area contributed by atoms with Gasteiger partial charge in [0.25, 0.3) is 0 Å². The van der Waals surface area contributed by atoms with E-state index in [4.69, 9.17) is 4.52 Å². The average Bonchev–Trinajstić information content (AvgIpc) is 3.63. The van der Waals surface area contributed by atoms with Crippen molar-refractivity contribution in [3.63, 3.8) is 0 Å². The van der Waals surface area contributed by atoms with Crippen LogP contribution in [-0.4, -0.2) is 9.97 Å². The average molecular weight is 557 g/mol. The van der Waals surface area contributed by atoms with Crippen molar-refractivity contribution < 1.29 is 4.52 Å². The van der Waals surface area contributed by atoms with Crippen molar-refractivity contribution in [2.75, 3.05) is 0 Å². The molecule has 0 amide bonds.